The Hall–Kier alpha value is -2.19. The third-order valence-electron chi connectivity index (χ3n) is 2.69. The van der Waals surface area contributed by atoms with E-state index in [1.165, 1.54) is 0 Å². The third-order valence-corrected chi connectivity index (χ3v) is 2.69. The van der Waals surface area contributed by atoms with Gasteiger partial charge in [-0.1, -0.05) is 60.7 Å². The van der Waals surface area contributed by atoms with Gasteiger partial charge in [-0.05, 0) is 11.1 Å². The Morgan fingerprint density at radius 1 is 0.810 bits per heavy atom. The summed E-state index contributed by atoms with van der Waals surface area (Å²) in [4.78, 5) is 11.4. The van der Waals surface area contributed by atoms with Gasteiger partial charge in [0.1, 0.15) is 0 Å². The van der Waals surface area contributed by atoms with Crippen LogP contribution in [0, 0.1) is 0 Å². The molecule has 6 nitrogen and oxygen atoms in total. The first-order chi connectivity index (χ1) is 9.89. The lowest BCUT2D eigenvalue weighted by molar-refractivity contribution is -0.155. The molecule has 0 fully saturated rings. The van der Waals surface area contributed by atoms with Crippen LogP contribution in [0.15, 0.2) is 60.7 Å². The average Bonchev–Trinajstić information content (AvgIpc) is 2.47. The van der Waals surface area contributed by atoms with Gasteiger partial charge in [0.05, 0.1) is 0 Å². The summed E-state index contributed by atoms with van der Waals surface area (Å²) >= 11 is 0. The maximum atomic E-state index is 11.4. The van der Waals surface area contributed by atoms with Gasteiger partial charge in [0.25, 0.3) is 0 Å². The fourth-order valence-electron chi connectivity index (χ4n) is 1.77. The molecule has 2 aromatic rings. The van der Waals surface area contributed by atoms with Crippen molar-refractivity contribution < 1.29 is 30.1 Å². The second kappa shape index (κ2) is 7.56. The highest BCUT2D eigenvalue weighted by Gasteiger charge is 2.39. The van der Waals surface area contributed by atoms with Crippen LogP contribution in [-0.4, -0.2) is 38.6 Å². The highest BCUT2D eigenvalue weighted by Crippen LogP contribution is 2.29. The van der Waals surface area contributed by atoms with E-state index in [1.54, 1.807) is 60.7 Å². The molecule has 0 unspecified atom stereocenters. The first-order valence-corrected chi connectivity index (χ1v) is 6.00. The second-order valence-corrected chi connectivity index (χ2v) is 4.09. The summed E-state index contributed by atoms with van der Waals surface area (Å²) in [7, 11) is -2.17. The summed E-state index contributed by atoms with van der Waals surface area (Å²) in [5, 5.41) is 41.2. The zero-order valence-corrected chi connectivity index (χ0v) is 11.0. The monoisotopic (exact) mass is 290 g/mol. The maximum absolute atomic E-state index is 11.4. The van der Waals surface area contributed by atoms with Crippen LogP contribution >= 0.6 is 0 Å². The Kier molecular flexibility index (Phi) is 6.07. The zero-order chi connectivity index (χ0) is 15.9. The fraction of sp³-hybridized carbons (Fsp3) is 0.0714. The van der Waals surface area contributed by atoms with Crippen molar-refractivity contribution in [2.75, 3.05) is 0 Å². The largest absolute Gasteiger partial charge is 0.631 e. The normalized spacial score (nSPS) is 10.3. The summed E-state index contributed by atoms with van der Waals surface area (Å²) in [5.41, 5.74) is -1.31. The van der Waals surface area contributed by atoms with Crippen molar-refractivity contribution in [2.24, 2.45) is 0 Å². The number of carbonyl (C=O) groups is 1. The van der Waals surface area contributed by atoms with Gasteiger partial charge >= 0.3 is 13.3 Å². The SMILES string of the molecule is O=C(O)C(O)(c1ccccc1)c1ccccc1.OB(O)O. The minimum Gasteiger partial charge on any atom is -0.479 e. The van der Waals surface area contributed by atoms with Gasteiger partial charge in [-0.2, -0.15) is 0 Å². The van der Waals surface area contributed by atoms with E-state index in [9.17, 15) is 15.0 Å². The summed E-state index contributed by atoms with van der Waals surface area (Å²) in [5.74, 6) is -1.28. The van der Waals surface area contributed by atoms with Gasteiger partial charge in [-0.15, -0.1) is 0 Å². The molecule has 0 aliphatic rings. The van der Waals surface area contributed by atoms with Gasteiger partial charge in [-0.3, -0.25) is 0 Å². The van der Waals surface area contributed by atoms with Crippen LogP contribution in [0.1, 0.15) is 11.1 Å². The predicted octanol–water partition coefficient (Wildman–Crippen LogP) is -0.0447. The number of carboxylic acid groups (broad SMARTS) is 1. The minimum atomic E-state index is -2.17. The smallest absolute Gasteiger partial charge is 0.479 e. The molecule has 21 heavy (non-hydrogen) atoms. The number of aliphatic carboxylic acids is 1. The third kappa shape index (κ3) is 4.40. The lowest BCUT2D eigenvalue weighted by Gasteiger charge is -2.24. The number of carboxylic acids is 1. The van der Waals surface area contributed by atoms with Gasteiger partial charge in [-0.25, -0.2) is 4.79 Å². The van der Waals surface area contributed by atoms with E-state index >= 15 is 0 Å². The Morgan fingerprint density at radius 2 is 1.10 bits per heavy atom. The van der Waals surface area contributed by atoms with Crippen molar-refractivity contribution in [1.29, 1.82) is 0 Å². The molecule has 0 aliphatic carbocycles. The molecule has 0 aliphatic heterocycles. The Balaban J connectivity index is 0.000000491. The molecule has 0 aromatic heterocycles. The van der Waals surface area contributed by atoms with Crippen molar-refractivity contribution in [3.05, 3.63) is 71.8 Å². The molecule has 0 saturated heterocycles. The lowest BCUT2D eigenvalue weighted by atomic mass is 9.86. The van der Waals surface area contributed by atoms with Crippen LogP contribution in [-0.2, 0) is 10.4 Å². The molecule has 5 N–H and O–H groups in total. The quantitative estimate of drug-likeness (QED) is 0.506. The van der Waals surface area contributed by atoms with E-state index in [0.717, 1.165) is 0 Å². The highest BCUT2D eigenvalue weighted by molar-refractivity contribution is 6.30. The van der Waals surface area contributed by atoms with Crippen molar-refractivity contribution >= 4 is 13.3 Å². The molecule has 0 saturated carbocycles. The number of hydrogen-bond acceptors (Lipinski definition) is 5. The summed E-state index contributed by atoms with van der Waals surface area (Å²) < 4.78 is 0. The molecule has 0 spiro atoms. The van der Waals surface area contributed by atoms with Crippen LogP contribution in [0.2, 0.25) is 0 Å². The molecular formula is C14H15BO6. The maximum Gasteiger partial charge on any atom is 0.631 e. The number of rotatable bonds is 3. The number of benzene rings is 2. The Morgan fingerprint density at radius 3 is 1.33 bits per heavy atom. The first-order valence-electron chi connectivity index (χ1n) is 6.00. The van der Waals surface area contributed by atoms with Crippen molar-refractivity contribution in [1.82, 2.24) is 0 Å². The van der Waals surface area contributed by atoms with E-state index in [2.05, 4.69) is 0 Å². The molecular weight excluding hydrogens is 275 g/mol. The van der Waals surface area contributed by atoms with Crippen LogP contribution in [0.5, 0.6) is 0 Å². The molecule has 0 radical (unpaired) electrons. The van der Waals surface area contributed by atoms with E-state index in [4.69, 9.17) is 15.1 Å². The zero-order valence-electron chi connectivity index (χ0n) is 11.0. The van der Waals surface area contributed by atoms with E-state index < -0.39 is 18.9 Å². The van der Waals surface area contributed by atoms with Gasteiger partial charge in [0.2, 0.25) is 5.60 Å². The molecule has 0 atom stereocenters. The van der Waals surface area contributed by atoms with Crippen LogP contribution in [0.4, 0.5) is 0 Å². The van der Waals surface area contributed by atoms with E-state index in [1.807, 2.05) is 0 Å². The highest BCUT2D eigenvalue weighted by atomic mass is 16.5. The van der Waals surface area contributed by atoms with Gasteiger partial charge < -0.3 is 25.3 Å². The topological polar surface area (TPSA) is 118 Å². The molecule has 110 valence electrons. The molecule has 7 heteroatoms. The van der Waals surface area contributed by atoms with Gasteiger partial charge in [0.15, 0.2) is 0 Å². The summed E-state index contributed by atoms with van der Waals surface area (Å²) in [6.07, 6.45) is 0. The van der Waals surface area contributed by atoms with Crippen molar-refractivity contribution in [3.63, 3.8) is 0 Å². The second-order valence-electron chi connectivity index (χ2n) is 4.09. The van der Waals surface area contributed by atoms with E-state index in [0.29, 0.717) is 11.1 Å². The molecule has 2 rings (SSSR count). The van der Waals surface area contributed by atoms with Crippen molar-refractivity contribution in [3.8, 4) is 0 Å². The minimum absolute atomic E-state index is 0.346. The average molecular weight is 290 g/mol. The summed E-state index contributed by atoms with van der Waals surface area (Å²) in [6, 6.07) is 16.7. The standard InChI is InChI=1S/C14H12O3.BH3O3/c15-13(16)14(17,11-7-3-1-4-8-11)12-9-5-2-6-10-12;2-1(3)4/h1-10,17H,(H,15,16);2-4H. The predicted molar refractivity (Wildman–Crippen MR) is 75.9 cm³/mol. The van der Waals surface area contributed by atoms with Crippen LogP contribution < -0.4 is 0 Å². The fourth-order valence-corrected chi connectivity index (χ4v) is 1.77. The summed E-state index contributed by atoms with van der Waals surface area (Å²) in [6.45, 7) is 0. The molecule has 0 bridgehead atoms. The lowest BCUT2D eigenvalue weighted by Crippen LogP contribution is -2.36. The Bertz CT molecular complexity index is 516. The Labute approximate surface area is 121 Å². The molecule has 0 heterocycles. The number of hydrogen-bond donors (Lipinski definition) is 5. The van der Waals surface area contributed by atoms with Crippen molar-refractivity contribution in [2.45, 2.75) is 5.60 Å². The molecule has 0 amide bonds. The van der Waals surface area contributed by atoms with Crippen LogP contribution in [0.3, 0.4) is 0 Å². The van der Waals surface area contributed by atoms with E-state index in [-0.39, 0.29) is 0 Å². The molecule has 2 aromatic carbocycles. The van der Waals surface area contributed by atoms with Gasteiger partial charge in [0, 0.05) is 0 Å². The first kappa shape index (κ1) is 16.9. The van der Waals surface area contributed by atoms with Crippen LogP contribution in [0.25, 0.3) is 0 Å². The number of aliphatic hydroxyl groups is 1.